The third kappa shape index (κ3) is 3.20. The van der Waals surface area contributed by atoms with Gasteiger partial charge in [-0.1, -0.05) is 25.6 Å². The van der Waals surface area contributed by atoms with Crippen LogP contribution in [0.2, 0.25) is 0 Å². The lowest BCUT2D eigenvalue weighted by molar-refractivity contribution is 0.647. The molecule has 0 unspecified atom stereocenters. The lowest BCUT2D eigenvalue weighted by atomic mass is 10.1. The molecule has 2 aromatic carbocycles. The molecule has 0 aromatic heterocycles. The first kappa shape index (κ1) is 17.0. The van der Waals surface area contributed by atoms with Crippen molar-refractivity contribution in [3.8, 4) is 0 Å². The molecule has 0 N–H and O–H groups in total. The molecule has 3 nitrogen and oxygen atoms in total. The van der Waals surface area contributed by atoms with Crippen LogP contribution in [0.25, 0.3) is 0 Å². The first-order valence-electron chi connectivity index (χ1n) is 8.45. The van der Waals surface area contributed by atoms with Gasteiger partial charge in [-0.05, 0) is 42.3 Å². The van der Waals surface area contributed by atoms with Crippen LogP contribution in [0.3, 0.4) is 0 Å². The smallest absolute Gasteiger partial charge is 0.0554 e. The van der Waals surface area contributed by atoms with Crippen LogP contribution in [0, 0.1) is 5.92 Å². The van der Waals surface area contributed by atoms with Gasteiger partial charge >= 0.3 is 0 Å². The number of nitrogens with zero attached hydrogens (tertiary/aromatic N) is 3. The summed E-state index contributed by atoms with van der Waals surface area (Å²) in [5.41, 5.74) is 5.14. The number of anilines is 4. The summed E-state index contributed by atoms with van der Waals surface area (Å²) < 4.78 is 0. The second kappa shape index (κ2) is 6.60. The zero-order valence-corrected chi connectivity index (χ0v) is 16.3. The molecule has 0 fully saturated rings. The average Bonchev–Trinajstić information content (AvgIpc) is 2.52. The topological polar surface area (TPSA) is 9.72 Å². The van der Waals surface area contributed by atoms with E-state index in [0.29, 0.717) is 5.92 Å². The van der Waals surface area contributed by atoms with Crippen molar-refractivity contribution in [3.63, 3.8) is 0 Å². The maximum atomic E-state index is 2.48. The molecule has 2 aromatic rings. The van der Waals surface area contributed by atoms with Crippen LogP contribution < -0.4 is 14.7 Å². The summed E-state index contributed by atoms with van der Waals surface area (Å²) >= 11 is 1.88. The highest BCUT2D eigenvalue weighted by Gasteiger charge is 2.25. The lowest BCUT2D eigenvalue weighted by Gasteiger charge is -2.35. The van der Waals surface area contributed by atoms with Gasteiger partial charge < -0.3 is 14.7 Å². The predicted octanol–water partition coefficient (Wildman–Crippen LogP) is 5.08. The average molecular weight is 342 g/mol. The Labute approximate surface area is 150 Å². The van der Waals surface area contributed by atoms with E-state index in [4.69, 9.17) is 0 Å². The van der Waals surface area contributed by atoms with E-state index in [2.05, 4.69) is 93.1 Å². The molecule has 0 amide bonds. The zero-order chi connectivity index (χ0) is 17.4. The van der Waals surface area contributed by atoms with E-state index < -0.39 is 0 Å². The van der Waals surface area contributed by atoms with Crippen LogP contribution in [0.1, 0.15) is 13.8 Å². The number of benzene rings is 2. The van der Waals surface area contributed by atoms with Crippen LogP contribution in [-0.4, -0.2) is 34.7 Å². The molecule has 0 saturated carbocycles. The van der Waals surface area contributed by atoms with Crippen molar-refractivity contribution in [2.45, 2.75) is 23.6 Å². The Hall–Kier alpha value is -1.81. The molecule has 0 atom stereocenters. The fraction of sp³-hybridized carbons (Fsp3) is 0.400. The highest BCUT2D eigenvalue weighted by molar-refractivity contribution is 7.99. The molecule has 24 heavy (non-hydrogen) atoms. The lowest BCUT2D eigenvalue weighted by Crippen LogP contribution is -2.25. The van der Waals surface area contributed by atoms with Gasteiger partial charge in [0.25, 0.3) is 0 Å². The second-order valence-electron chi connectivity index (χ2n) is 7.20. The van der Waals surface area contributed by atoms with E-state index in [9.17, 15) is 0 Å². The van der Waals surface area contributed by atoms with E-state index >= 15 is 0 Å². The molecular formula is C20H27N3S. The SMILES string of the molecule is CC(C)CN1c2ccc(N(C)C)cc2Sc2cc(N(C)C)ccc21. The zero-order valence-electron chi connectivity index (χ0n) is 15.5. The van der Waals surface area contributed by atoms with Crippen molar-refractivity contribution in [2.24, 2.45) is 5.92 Å². The summed E-state index contributed by atoms with van der Waals surface area (Å²) in [6.07, 6.45) is 0. The van der Waals surface area contributed by atoms with Crippen LogP contribution in [0.5, 0.6) is 0 Å². The van der Waals surface area contributed by atoms with E-state index in [0.717, 1.165) is 6.54 Å². The Balaban J connectivity index is 2.10. The Bertz CT molecular complexity index is 680. The third-order valence-corrected chi connectivity index (χ3v) is 5.36. The van der Waals surface area contributed by atoms with Crippen LogP contribution >= 0.6 is 11.8 Å². The van der Waals surface area contributed by atoms with Gasteiger partial charge in [-0.25, -0.2) is 0 Å². The quantitative estimate of drug-likeness (QED) is 0.767. The fourth-order valence-corrected chi connectivity index (χ4v) is 4.14. The second-order valence-corrected chi connectivity index (χ2v) is 8.28. The summed E-state index contributed by atoms with van der Waals surface area (Å²) in [7, 11) is 8.39. The third-order valence-electron chi connectivity index (χ3n) is 4.27. The van der Waals surface area contributed by atoms with Crippen molar-refractivity contribution in [1.82, 2.24) is 0 Å². The largest absolute Gasteiger partial charge is 0.378 e. The monoisotopic (exact) mass is 341 g/mol. The minimum Gasteiger partial charge on any atom is -0.378 e. The van der Waals surface area contributed by atoms with Crippen molar-refractivity contribution in [3.05, 3.63) is 36.4 Å². The minimum absolute atomic E-state index is 0.607. The summed E-state index contributed by atoms with van der Waals surface area (Å²) in [6, 6.07) is 13.6. The molecule has 0 spiro atoms. The Morgan fingerprint density at radius 1 is 0.833 bits per heavy atom. The normalized spacial score (nSPS) is 12.9. The van der Waals surface area contributed by atoms with Gasteiger partial charge in [0.15, 0.2) is 0 Å². The van der Waals surface area contributed by atoms with Gasteiger partial charge in [-0.2, -0.15) is 0 Å². The highest BCUT2D eigenvalue weighted by atomic mass is 32.2. The Morgan fingerprint density at radius 2 is 1.29 bits per heavy atom. The standard InChI is InChI=1S/C20H27N3S/c1-14(2)13-23-17-9-7-15(21(3)4)11-19(17)24-20-12-16(22(5)6)8-10-18(20)23/h7-12,14H,13H2,1-6H3. The van der Waals surface area contributed by atoms with E-state index in [-0.39, 0.29) is 0 Å². The van der Waals surface area contributed by atoms with Gasteiger partial charge in [0.05, 0.1) is 11.4 Å². The molecule has 128 valence electrons. The van der Waals surface area contributed by atoms with Gasteiger partial charge in [0.2, 0.25) is 0 Å². The fourth-order valence-electron chi connectivity index (χ4n) is 2.98. The number of hydrogen-bond donors (Lipinski definition) is 0. The van der Waals surface area contributed by atoms with Crippen molar-refractivity contribution in [1.29, 1.82) is 0 Å². The van der Waals surface area contributed by atoms with Crippen LogP contribution in [0.4, 0.5) is 22.7 Å². The highest BCUT2D eigenvalue weighted by Crippen LogP contribution is 2.50. The molecule has 0 radical (unpaired) electrons. The molecule has 1 aliphatic heterocycles. The van der Waals surface area contributed by atoms with E-state index in [1.165, 1.54) is 32.5 Å². The molecule has 1 heterocycles. The maximum Gasteiger partial charge on any atom is 0.0554 e. The van der Waals surface area contributed by atoms with Gasteiger partial charge in [0, 0.05) is 55.9 Å². The molecule has 0 saturated heterocycles. The Morgan fingerprint density at radius 3 is 1.67 bits per heavy atom. The molecular weight excluding hydrogens is 314 g/mol. The predicted molar refractivity (Wildman–Crippen MR) is 108 cm³/mol. The summed E-state index contributed by atoms with van der Waals surface area (Å²) in [5, 5.41) is 0. The number of hydrogen-bond acceptors (Lipinski definition) is 4. The van der Waals surface area contributed by atoms with Crippen LogP contribution in [-0.2, 0) is 0 Å². The van der Waals surface area contributed by atoms with E-state index in [1.807, 2.05) is 11.8 Å². The van der Waals surface area contributed by atoms with E-state index in [1.54, 1.807) is 0 Å². The van der Waals surface area contributed by atoms with Gasteiger partial charge in [-0.3, -0.25) is 0 Å². The molecule has 1 aliphatic rings. The van der Waals surface area contributed by atoms with Gasteiger partial charge in [0.1, 0.15) is 0 Å². The summed E-state index contributed by atoms with van der Waals surface area (Å²) in [4.78, 5) is 9.49. The molecule has 3 rings (SSSR count). The first-order chi connectivity index (χ1) is 11.4. The Kier molecular flexibility index (Phi) is 4.68. The molecule has 0 aliphatic carbocycles. The molecule has 0 bridgehead atoms. The van der Waals surface area contributed by atoms with Crippen molar-refractivity contribution < 1.29 is 0 Å². The van der Waals surface area contributed by atoms with Gasteiger partial charge in [-0.15, -0.1) is 0 Å². The maximum absolute atomic E-state index is 2.48. The molecule has 4 heteroatoms. The number of rotatable bonds is 4. The van der Waals surface area contributed by atoms with Crippen molar-refractivity contribution >= 4 is 34.5 Å². The first-order valence-corrected chi connectivity index (χ1v) is 9.26. The minimum atomic E-state index is 0.607. The van der Waals surface area contributed by atoms with Crippen molar-refractivity contribution in [2.75, 3.05) is 49.4 Å². The number of fused-ring (bicyclic) bond motifs is 2. The van der Waals surface area contributed by atoms with Crippen LogP contribution in [0.15, 0.2) is 46.2 Å². The summed E-state index contributed by atoms with van der Waals surface area (Å²) in [6.45, 7) is 5.59. The summed E-state index contributed by atoms with van der Waals surface area (Å²) in [5.74, 6) is 0.607.